The number of halogens is 2. The van der Waals surface area contributed by atoms with Gasteiger partial charge >= 0.3 is 18.0 Å². The van der Waals surface area contributed by atoms with E-state index in [9.17, 15) is 14.4 Å². The Hall–Kier alpha value is -1.99. The Bertz CT molecular complexity index is 565. The third-order valence-electron chi connectivity index (χ3n) is 2.38. The van der Waals surface area contributed by atoms with Crippen molar-refractivity contribution in [2.45, 2.75) is 12.5 Å². The molecule has 114 valence electrons. The van der Waals surface area contributed by atoms with Crippen LogP contribution in [0, 0.1) is 0 Å². The summed E-state index contributed by atoms with van der Waals surface area (Å²) in [7, 11) is 1.12. The first-order valence-corrected chi connectivity index (χ1v) is 6.41. The van der Waals surface area contributed by atoms with Gasteiger partial charge in [0, 0.05) is 5.69 Å². The molecule has 0 radical (unpaired) electrons. The monoisotopic (exact) mass is 334 g/mol. The van der Waals surface area contributed by atoms with E-state index in [1.54, 1.807) is 0 Å². The molecule has 0 aliphatic carbocycles. The third kappa shape index (κ3) is 5.49. The molecule has 2 amide bonds. The van der Waals surface area contributed by atoms with E-state index >= 15 is 0 Å². The highest BCUT2D eigenvalue weighted by Gasteiger charge is 2.23. The summed E-state index contributed by atoms with van der Waals surface area (Å²) in [5.41, 5.74) is 0.323. The predicted octanol–water partition coefficient (Wildman–Crippen LogP) is 2.13. The molecule has 1 aromatic carbocycles. The number of amides is 2. The minimum atomic E-state index is -1.40. The number of hydrogen-bond acceptors (Lipinski definition) is 4. The second-order valence-corrected chi connectivity index (χ2v) is 4.71. The van der Waals surface area contributed by atoms with Crippen LogP contribution in [-0.2, 0) is 14.3 Å². The van der Waals surface area contributed by atoms with E-state index in [0.29, 0.717) is 10.7 Å². The number of aliphatic carboxylic acids is 1. The number of esters is 1. The van der Waals surface area contributed by atoms with Crippen molar-refractivity contribution in [2.24, 2.45) is 0 Å². The first-order valence-electron chi connectivity index (χ1n) is 5.65. The normalized spacial score (nSPS) is 11.4. The highest BCUT2D eigenvalue weighted by Crippen LogP contribution is 2.24. The molecular weight excluding hydrogens is 323 g/mol. The van der Waals surface area contributed by atoms with E-state index in [2.05, 4.69) is 15.4 Å². The fourth-order valence-corrected chi connectivity index (χ4v) is 1.65. The van der Waals surface area contributed by atoms with Crippen LogP contribution in [0.25, 0.3) is 0 Å². The number of carbonyl (C=O) groups is 3. The van der Waals surface area contributed by atoms with Crippen LogP contribution in [0.4, 0.5) is 10.5 Å². The minimum Gasteiger partial charge on any atom is -0.480 e. The Morgan fingerprint density at radius 3 is 2.48 bits per heavy atom. The molecule has 3 N–H and O–H groups in total. The summed E-state index contributed by atoms with van der Waals surface area (Å²) in [5.74, 6) is -2.11. The molecule has 1 aromatic rings. The molecule has 21 heavy (non-hydrogen) atoms. The van der Waals surface area contributed by atoms with E-state index in [-0.39, 0.29) is 5.02 Å². The number of benzene rings is 1. The zero-order valence-corrected chi connectivity index (χ0v) is 12.4. The number of nitrogens with one attached hydrogen (secondary N) is 2. The topological polar surface area (TPSA) is 105 Å². The third-order valence-corrected chi connectivity index (χ3v) is 3.12. The molecule has 1 rings (SSSR count). The van der Waals surface area contributed by atoms with Gasteiger partial charge in [0.2, 0.25) is 0 Å². The van der Waals surface area contributed by atoms with Crippen LogP contribution in [0.15, 0.2) is 18.2 Å². The first kappa shape index (κ1) is 17.1. The minimum absolute atomic E-state index is 0.235. The Morgan fingerprint density at radius 2 is 1.95 bits per heavy atom. The molecular formula is C12H12Cl2N2O5. The van der Waals surface area contributed by atoms with Crippen LogP contribution in [0.3, 0.4) is 0 Å². The molecule has 1 atom stereocenters. The summed E-state index contributed by atoms with van der Waals surface area (Å²) in [6.07, 6.45) is -0.485. The molecule has 0 spiro atoms. The Labute approximate surface area is 130 Å². The van der Waals surface area contributed by atoms with Crippen LogP contribution < -0.4 is 10.6 Å². The second kappa shape index (κ2) is 7.70. The van der Waals surface area contributed by atoms with Gasteiger partial charge in [-0.2, -0.15) is 0 Å². The van der Waals surface area contributed by atoms with Crippen molar-refractivity contribution in [3.63, 3.8) is 0 Å². The van der Waals surface area contributed by atoms with E-state index < -0.39 is 30.4 Å². The summed E-state index contributed by atoms with van der Waals surface area (Å²) in [5, 5.41) is 14.0. The summed E-state index contributed by atoms with van der Waals surface area (Å²) in [6, 6.07) is 2.16. The summed E-state index contributed by atoms with van der Waals surface area (Å²) in [6.45, 7) is 0. The van der Waals surface area contributed by atoms with E-state index in [0.717, 1.165) is 7.11 Å². The van der Waals surface area contributed by atoms with Crippen LogP contribution in [0.5, 0.6) is 0 Å². The summed E-state index contributed by atoms with van der Waals surface area (Å²) < 4.78 is 4.35. The summed E-state index contributed by atoms with van der Waals surface area (Å²) in [4.78, 5) is 33.7. The first-order chi connectivity index (χ1) is 9.83. The van der Waals surface area contributed by atoms with Gasteiger partial charge in [0.05, 0.1) is 23.6 Å². The number of carboxylic acid groups (broad SMARTS) is 1. The number of hydrogen-bond donors (Lipinski definition) is 3. The van der Waals surface area contributed by atoms with Gasteiger partial charge in [-0.15, -0.1) is 0 Å². The van der Waals surface area contributed by atoms with E-state index in [1.165, 1.54) is 18.2 Å². The predicted molar refractivity (Wildman–Crippen MR) is 76.7 cm³/mol. The van der Waals surface area contributed by atoms with Gasteiger partial charge in [-0.3, -0.25) is 4.79 Å². The van der Waals surface area contributed by atoms with E-state index in [4.69, 9.17) is 28.3 Å². The lowest BCUT2D eigenvalue weighted by Crippen LogP contribution is -2.44. The van der Waals surface area contributed by atoms with Gasteiger partial charge in [0.15, 0.2) is 0 Å². The molecule has 0 aliphatic heterocycles. The zero-order chi connectivity index (χ0) is 16.0. The summed E-state index contributed by atoms with van der Waals surface area (Å²) >= 11 is 11.5. The highest BCUT2D eigenvalue weighted by molar-refractivity contribution is 6.42. The average molecular weight is 335 g/mol. The van der Waals surface area contributed by atoms with E-state index in [1.807, 2.05) is 0 Å². The van der Waals surface area contributed by atoms with Gasteiger partial charge < -0.3 is 20.5 Å². The lowest BCUT2D eigenvalue weighted by molar-refractivity contribution is -0.147. The molecule has 0 saturated carbocycles. The van der Waals surface area contributed by atoms with Crippen molar-refractivity contribution in [1.82, 2.24) is 5.32 Å². The number of anilines is 1. The lowest BCUT2D eigenvalue weighted by Gasteiger charge is -2.14. The maximum atomic E-state index is 11.7. The molecule has 0 bridgehead atoms. The fraction of sp³-hybridized carbons (Fsp3) is 0.250. The molecule has 0 saturated heterocycles. The van der Waals surface area contributed by atoms with Crippen LogP contribution >= 0.6 is 23.2 Å². The number of ether oxygens (including phenoxy) is 1. The number of urea groups is 1. The number of rotatable bonds is 5. The molecule has 0 heterocycles. The van der Waals surface area contributed by atoms with Gasteiger partial charge in [0.1, 0.15) is 6.04 Å². The Kier molecular flexibility index (Phi) is 6.26. The molecule has 9 heteroatoms. The molecule has 0 unspecified atom stereocenters. The SMILES string of the molecule is COC(=O)C[C@H](NC(=O)Nc1ccc(Cl)c(Cl)c1)C(=O)O. The van der Waals surface area contributed by atoms with Crippen molar-refractivity contribution in [2.75, 3.05) is 12.4 Å². The Balaban J connectivity index is 2.67. The zero-order valence-electron chi connectivity index (χ0n) is 10.9. The molecule has 0 fully saturated rings. The van der Waals surface area contributed by atoms with Crippen molar-refractivity contribution in [1.29, 1.82) is 0 Å². The maximum absolute atomic E-state index is 11.7. The van der Waals surface area contributed by atoms with Gasteiger partial charge in [-0.05, 0) is 18.2 Å². The van der Waals surface area contributed by atoms with Gasteiger partial charge in [-0.25, -0.2) is 9.59 Å². The molecule has 0 aromatic heterocycles. The Morgan fingerprint density at radius 1 is 1.29 bits per heavy atom. The van der Waals surface area contributed by atoms with Gasteiger partial charge in [-0.1, -0.05) is 23.2 Å². The van der Waals surface area contributed by atoms with Crippen molar-refractivity contribution in [3.05, 3.63) is 28.2 Å². The number of carboxylic acids is 1. The standard InChI is InChI=1S/C12H12Cl2N2O5/c1-21-10(17)5-9(11(18)19)16-12(20)15-6-2-3-7(13)8(14)4-6/h2-4,9H,5H2,1H3,(H,18,19)(H2,15,16,20)/t9-/m0/s1. The van der Waals surface area contributed by atoms with Crippen molar-refractivity contribution in [3.8, 4) is 0 Å². The number of methoxy groups -OCH3 is 1. The number of carbonyl (C=O) groups excluding carboxylic acids is 2. The smallest absolute Gasteiger partial charge is 0.326 e. The van der Waals surface area contributed by atoms with Crippen LogP contribution in [-0.4, -0.2) is 36.2 Å². The van der Waals surface area contributed by atoms with Crippen LogP contribution in [0.2, 0.25) is 10.0 Å². The lowest BCUT2D eigenvalue weighted by atomic mass is 10.2. The van der Waals surface area contributed by atoms with Crippen molar-refractivity contribution < 1.29 is 24.2 Å². The fourth-order valence-electron chi connectivity index (χ4n) is 1.35. The molecule has 7 nitrogen and oxygen atoms in total. The largest absolute Gasteiger partial charge is 0.480 e. The molecule has 0 aliphatic rings. The van der Waals surface area contributed by atoms with Gasteiger partial charge in [0.25, 0.3) is 0 Å². The van der Waals surface area contributed by atoms with Crippen LogP contribution in [0.1, 0.15) is 6.42 Å². The second-order valence-electron chi connectivity index (χ2n) is 3.90. The average Bonchev–Trinajstić information content (AvgIpc) is 2.41. The highest BCUT2D eigenvalue weighted by atomic mass is 35.5. The van der Waals surface area contributed by atoms with Crippen molar-refractivity contribution >= 4 is 46.9 Å². The quantitative estimate of drug-likeness (QED) is 0.715. The maximum Gasteiger partial charge on any atom is 0.326 e.